The second kappa shape index (κ2) is 3.95. The van der Waals surface area contributed by atoms with Gasteiger partial charge in [-0.1, -0.05) is 6.92 Å². The normalized spacial score (nSPS) is 19.4. The summed E-state index contributed by atoms with van der Waals surface area (Å²) in [6.45, 7) is 2.34. The van der Waals surface area contributed by atoms with E-state index in [0.717, 1.165) is 16.6 Å². The van der Waals surface area contributed by atoms with Crippen molar-refractivity contribution >= 4 is 27.4 Å². The predicted octanol–water partition coefficient (Wildman–Crippen LogP) is 2.88. The summed E-state index contributed by atoms with van der Waals surface area (Å²) >= 11 is 1.86. The highest BCUT2D eigenvalue weighted by Crippen LogP contribution is 2.39. The smallest absolute Gasteiger partial charge is 0.140 e. The van der Waals surface area contributed by atoms with Crippen molar-refractivity contribution in [1.82, 2.24) is 9.97 Å². The quantitative estimate of drug-likeness (QED) is 0.776. The topological polar surface area (TPSA) is 29.0 Å². The van der Waals surface area contributed by atoms with Gasteiger partial charge in [0.1, 0.15) is 17.0 Å². The van der Waals surface area contributed by atoms with E-state index in [4.69, 9.17) is 0 Å². The van der Waals surface area contributed by atoms with E-state index in [1.54, 1.807) is 6.33 Å². The van der Waals surface area contributed by atoms with Crippen molar-refractivity contribution in [3.63, 3.8) is 0 Å². The van der Waals surface area contributed by atoms with Crippen LogP contribution in [0.4, 0.5) is 5.82 Å². The number of hydrogen-bond acceptors (Lipinski definition) is 4. The Morgan fingerprint density at radius 3 is 2.94 bits per heavy atom. The number of fused-ring (bicyclic) bond motifs is 3. The van der Waals surface area contributed by atoms with Crippen LogP contribution in [0.2, 0.25) is 0 Å². The van der Waals surface area contributed by atoms with Gasteiger partial charge >= 0.3 is 0 Å². The molecule has 0 N–H and O–H groups in total. The Kier molecular flexibility index (Phi) is 2.54. The van der Waals surface area contributed by atoms with Gasteiger partial charge in [-0.25, -0.2) is 9.97 Å². The number of anilines is 1. The van der Waals surface area contributed by atoms with Crippen LogP contribution in [0.25, 0.3) is 10.2 Å². The zero-order valence-electron chi connectivity index (χ0n) is 10.5. The summed E-state index contributed by atoms with van der Waals surface area (Å²) in [5.41, 5.74) is 1.51. The minimum atomic E-state index is 0.811. The van der Waals surface area contributed by atoms with Crippen molar-refractivity contribution in [2.24, 2.45) is 5.92 Å². The summed E-state index contributed by atoms with van der Waals surface area (Å²) in [5.74, 6) is 1.88. The minimum Gasteiger partial charge on any atom is -0.362 e. The molecule has 2 heterocycles. The second-order valence-electron chi connectivity index (χ2n) is 5.12. The van der Waals surface area contributed by atoms with E-state index in [2.05, 4.69) is 35.9 Å². The highest BCUT2D eigenvalue weighted by Gasteiger charge is 2.23. The van der Waals surface area contributed by atoms with Gasteiger partial charge < -0.3 is 4.90 Å². The summed E-state index contributed by atoms with van der Waals surface area (Å²) in [6.07, 6.45) is 5.37. The number of aromatic nitrogens is 2. The standard InChI is InChI=1S/C13H17N3S/c1-8-4-5-9-10(6-8)17-13-11(9)12(16(2)3)14-7-15-13/h7-8H,4-6H2,1-3H3. The lowest BCUT2D eigenvalue weighted by atomic mass is 9.89. The molecule has 4 heteroatoms. The van der Waals surface area contributed by atoms with Gasteiger partial charge in [0.05, 0.1) is 5.39 Å². The van der Waals surface area contributed by atoms with Crippen LogP contribution in [0.1, 0.15) is 23.8 Å². The molecule has 0 radical (unpaired) electrons. The molecule has 0 saturated heterocycles. The van der Waals surface area contributed by atoms with Crippen LogP contribution in [0.3, 0.4) is 0 Å². The molecule has 2 aromatic rings. The lowest BCUT2D eigenvalue weighted by Gasteiger charge is -2.19. The zero-order chi connectivity index (χ0) is 12.0. The van der Waals surface area contributed by atoms with Gasteiger partial charge in [-0.05, 0) is 30.7 Å². The van der Waals surface area contributed by atoms with E-state index in [1.807, 2.05) is 11.3 Å². The van der Waals surface area contributed by atoms with Crippen molar-refractivity contribution in [2.75, 3.05) is 19.0 Å². The molecule has 3 rings (SSSR count). The van der Waals surface area contributed by atoms with Gasteiger partial charge in [0.25, 0.3) is 0 Å². The second-order valence-corrected chi connectivity index (χ2v) is 6.21. The van der Waals surface area contributed by atoms with Crippen LogP contribution in [-0.2, 0) is 12.8 Å². The third kappa shape index (κ3) is 1.71. The van der Waals surface area contributed by atoms with E-state index in [1.165, 1.54) is 35.1 Å². The van der Waals surface area contributed by atoms with Crippen molar-refractivity contribution in [3.05, 3.63) is 16.8 Å². The fourth-order valence-electron chi connectivity index (χ4n) is 2.60. The van der Waals surface area contributed by atoms with Gasteiger partial charge in [0, 0.05) is 19.0 Å². The third-order valence-electron chi connectivity index (χ3n) is 3.50. The summed E-state index contributed by atoms with van der Waals surface area (Å²) in [7, 11) is 4.11. The highest BCUT2D eigenvalue weighted by molar-refractivity contribution is 7.19. The SMILES string of the molecule is CC1CCc2c(sc3ncnc(N(C)C)c23)C1. The van der Waals surface area contributed by atoms with Crippen LogP contribution in [0.5, 0.6) is 0 Å². The monoisotopic (exact) mass is 247 g/mol. The molecule has 2 aromatic heterocycles. The summed E-state index contributed by atoms with van der Waals surface area (Å²) < 4.78 is 0. The summed E-state index contributed by atoms with van der Waals surface area (Å²) in [6, 6.07) is 0. The first-order valence-electron chi connectivity index (χ1n) is 6.09. The molecule has 3 nitrogen and oxygen atoms in total. The largest absolute Gasteiger partial charge is 0.362 e. The molecule has 0 amide bonds. The Labute approximate surface area is 106 Å². The van der Waals surface area contributed by atoms with Gasteiger partial charge in [-0.2, -0.15) is 0 Å². The Morgan fingerprint density at radius 2 is 2.18 bits per heavy atom. The number of nitrogens with zero attached hydrogens (tertiary/aromatic N) is 3. The first-order chi connectivity index (χ1) is 8.16. The van der Waals surface area contributed by atoms with Gasteiger partial charge in [0.15, 0.2) is 0 Å². The zero-order valence-corrected chi connectivity index (χ0v) is 11.3. The minimum absolute atomic E-state index is 0.811. The molecule has 0 aromatic carbocycles. The van der Waals surface area contributed by atoms with E-state index >= 15 is 0 Å². The van der Waals surface area contributed by atoms with Gasteiger partial charge in [0.2, 0.25) is 0 Å². The number of aryl methyl sites for hydroxylation is 1. The third-order valence-corrected chi connectivity index (χ3v) is 4.66. The number of rotatable bonds is 1. The average molecular weight is 247 g/mol. The lowest BCUT2D eigenvalue weighted by molar-refractivity contribution is 0.509. The van der Waals surface area contributed by atoms with E-state index in [0.29, 0.717) is 0 Å². The van der Waals surface area contributed by atoms with E-state index in [-0.39, 0.29) is 0 Å². The average Bonchev–Trinajstić information content (AvgIpc) is 2.65. The molecule has 0 spiro atoms. The maximum Gasteiger partial charge on any atom is 0.140 e. The van der Waals surface area contributed by atoms with Crippen LogP contribution in [-0.4, -0.2) is 24.1 Å². The Hall–Kier alpha value is -1.16. The molecule has 90 valence electrons. The molecule has 1 aliphatic rings. The molecule has 1 unspecified atom stereocenters. The molecule has 1 atom stereocenters. The first-order valence-corrected chi connectivity index (χ1v) is 6.91. The van der Waals surface area contributed by atoms with Crippen molar-refractivity contribution < 1.29 is 0 Å². The Balaban J connectivity index is 2.26. The molecular formula is C13H17N3S. The molecule has 1 aliphatic carbocycles. The fraction of sp³-hybridized carbons (Fsp3) is 0.538. The van der Waals surface area contributed by atoms with Crippen molar-refractivity contribution in [3.8, 4) is 0 Å². The lowest BCUT2D eigenvalue weighted by Crippen LogP contribution is -2.13. The summed E-state index contributed by atoms with van der Waals surface area (Å²) in [5, 5.41) is 1.30. The van der Waals surface area contributed by atoms with Crippen LogP contribution < -0.4 is 4.90 Å². The van der Waals surface area contributed by atoms with Crippen LogP contribution >= 0.6 is 11.3 Å². The van der Waals surface area contributed by atoms with Crippen molar-refractivity contribution in [2.45, 2.75) is 26.2 Å². The predicted molar refractivity (Wildman–Crippen MR) is 72.9 cm³/mol. The number of hydrogen-bond donors (Lipinski definition) is 0. The molecule has 0 saturated carbocycles. The van der Waals surface area contributed by atoms with Crippen molar-refractivity contribution in [1.29, 1.82) is 0 Å². The molecule has 0 fully saturated rings. The Bertz CT molecular complexity index is 559. The highest BCUT2D eigenvalue weighted by atomic mass is 32.1. The van der Waals surface area contributed by atoms with Crippen LogP contribution in [0, 0.1) is 5.92 Å². The maximum atomic E-state index is 4.44. The van der Waals surface area contributed by atoms with E-state index in [9.17, 15) is 0 Å². The summed E-state index contributed by atoms with van der Waals surface area (Å²) in [4.78, 5) is 13.6. The fourth-order valence-corrected chi connectivity index (χ4v) is 3.94. The Morgan fingerprint density at radius 1 is 1.35 bits per heavy atom. The molecule has 0 bridgehead atoms. The molecular weight excluding hydrogens is 230 g/mol. The molecule has 17 heavy (non-hydrogen) atoms. The van der Waals surface area contributed by atoms with Gasteiger partial charge in [-0.3, -0.25) is 0 Å². The number of thiophene rings is 1. The first kappa shape index (κ1) is 11.0. The van der Waals surface area contributed by atoms with Gasteiger partial charge in [-0.15, -0.1) is 11.3 Å². The van der Waals surface area contributed by atoms with Crippen LogP contribution in [0.15, 0.2) is 6.33 Å². The van der Waals surface area contributed by atoms with E-state index < -0.39 is 0 Å². The maximum absolute atomic E-state index is 4.44. The molecule has 0 aliphatic heterocycles.